The lowest BCUT2D eigenvalue weighted by Gasteiger charge is -2.32. The number of nitrogens with zero attached hydrogens (tertiary/aromatic N) is 1. The van der Waals surface area contributed by atoms with E-state index >= 15 is 0 Å². The second-order valence-electron chi connectivity index (χ2n) is 10.3. The standard InChI is InChI=1S/C31H33ClN2O5/c1-31(2,3)22-9-13-25-24(18-22)34(30(36)28(39-25)17-20-6-10-23(32)11-7-20)19-29(35)33-15-14-21-8-12-26(37-4)27(16-21)38-5/h6-13,16-18H,14-15,19H2,1-5H3,(H,33,35). The van der Waals surface area contributed by atoms with Gasteiger partial charge in [-0.2, -0.15) is 0 Å². The van der Waals surface area contributed by atoms with Gasteiger partial charge in [-0.05, 0) is 71.0 Å². The third-order valence-electron chi connectivity index (χ3n) is 6.44. The van der Waals surface area contributed by atoms with Crippen LogP contribution in [0.1, 0.15) is 37.5 Å². The van der Waals surface area contributed by atoms with Gasteiger partial charge in [0, 0.05) is 11.6 Å². The first-order chi connectivity index (χ1) is 18.6. The van der Waals surface area contributed by atoms with E-state index in [-0.39, 0.29) is 23.6 Å². The fourth-order valence-corrected chi connectivity index (χ4v) is 4.35. The van der Waals surface area contributed by atoms with Gasteiger partial charge < -0.3 is 19.5 Å². The van der Waals surface area contributed by atoms with Crippen LogP contribution in [0.2, 0.25) is 5.02 Å². The highest BCUT2D eigenvalue weighted by atomic mass is 35.5. The van der Waals surface area contributed by atoms with Crippen LogP contribution in [0.15, 0.2) is 66.4 Å². The predicted octanol–water partition coefficient (Wildman–Crippen LogP) is 5.78. The lowest BCUT2D eigenvalue weighted by atomic mass is 9.86. The highest BCUT2D eigenvalue weighted by Gasteiger charge is 2.33. The van der Waals surface area contributed by atoms with E-state index in [1.807, 2.05) is 36.4 Å². The molecule has 2 amide bonds. The number of nitrogens with one attached hydrogen (secondary N) is 1. The zero-order valence-electron chi connectivity index (χ0n) is 22.8. The minimum Gasteiger partial charge on any atom is -0.493 e. The first kappa shape index (κ1) is 28.0. The molecule has 4 rings (SSSR count). The molecule has 0 spiro atoms. The average Bonchev–Trinajstić information content (AvgIpc) is 2.91. The molecule has 1 heterocycles. The van der Waals surface area contributed by atoms with Gasteiger partial charge >= 0.3 is 0 Å². The van der Waals surface area contributed by atoms with Crippen molar-refractivity contribution in [3.05, 3.63) is 88.1 Å². The van der Waals surface area contributed by atoms with E-state index in [9.17, 15) is 9.59 Å². The van der Waals surface area contributed by atoms with Crippen LogP contribution in [0, 0.1) is 0 Å². The molecule has 0 bridgehead atoms. The van der Waals surface area contributed by atoms with Crippen LogP contribution in [0.4, 0.5) is 5.69 Å². The third-order valence-corrected chi connectivity index (χ3v) is 6.70. The largest absolute Gasteiger partial charge is 0.493 e. The van der Waals surface area contributed by atoms with Crippen molar-refractivity contribution >= 4 is 35.2 Å². The molecule has 0 unspecified atom stereocenters. The Labute approximate surface area is 234 Å². The maximum Gasteiger partial charge on any atom is 0.294 e. The van der Waals surface area contributed by atoms with E-state index in [1.165, 1.54) is 4.90 Å². The minimum absolute atomic E-state index is 0.131. The molecule has 0 aliphatic carbocycles. The zero-order chi connectivity index (χ0) is 28.2. The number of amides is 2. The number of ether oxygens (including phenoxy) is 3. The molecule has 0 aromatic heterocycles. The van der Waals surface area contributed by atoms with Gasteiger partial charge in [-0.1, -0.05) is 56.6 Å². The Hall–Kier alpha value is -3.97. The second-order valence-corrected chi connectivity index (χ2v) is 10.7. The first-order valence-electron chi connectivity index (χ1n) is 12.7. The molecule has 204 valence electrons. The average molecular weight is 549 g/mol. The molecule has 0 atom stereocenters. The number of benzene rings is 3. The molecular formula is C31H33ClN2O5. The summed E-state index contributed by atoms with van der Waals surface area (Å²) < 4.78 is 16.7. The quantitative estimate of drug-likeness (QED) is 0.361. The van der Waals surface area contributed by atoms with Crippen molar-refractivity contribution in [1.29, 1.82) is 0 Å². The van der Waals surface area contributed by atoms with E-state index in [1.54, 1.807) is 44.6 Å². The summed E-state index contributed by atoms with van der Waals surface area (Å²) in [5.74, 6) is 1.26. The van der Waals surface area contributed by atoms with Crippen molar-refractivity contribution in [2.24, 2.45) is 0 Å². The Morgan fingerprint density at radius 2 is 1.72 bits per heavy atom. The lowest BCUT2D eigenvalue weighted by Crippen LogP contribution is -2.44. The fourth-order valence-electron chi connectivity index (χ4n) is 4.23. The number of anilines is 1. The summed E-state index contributed by atoms with van der Waals surface area (Å²) in [6.45, 7) is 6.54. The van der Waals surface area contributed by atoms with E-state index < -0.39 is 5.91 Å². The monoisotopic (exact) mass is 548 g/mol. The van der Waals surface area contributed by atoms with E-state index in [2.05, 4.69) is 26.1 Å². The van der Waals surface area contributed by atoms with Crippen molar-refractivity contribution in [2.45, 2.75) is 32.6 Å². The number of fused-ring (bicyclic) bond motifs is 1. The van der Waals surface area contributed by atoms with Gasteiger partial charge in [0.2, 0.25) is 5.91 Å². The van der Waals surface area contributed by atoms with Crippen LogP contribution in [0.25, 0.3) is 6.08 Å². The number of rotatable bonds is 8. The van der Waals surface area contributed by atoms with Gasteiger partial charge in [0.15, 0.2) is 23.0 Å². The van der Waals surface area contributed by atoms with Crippen LogP contribution >= 0.6 is 11.6 Å². The summed E-state index contributed by atoms with van der Waals surface area (Å²) in [6, 6.07) is 18.5. The maximum absolute atomic E-state index is 13.6. The summed E-state index contributed by atoms with van der Waals surface area (Å²) in [6.07, 6.45) is 2.25. The van der Waals surface area contributed by atoms with Gasteiger partial charge in [-0.15, -0.1) is 0 Å². The molecule has 1 N–H and O–H groups in total. The number of halogens is 1. The summed E-state index contributed by atoms with van der Waals surface area (Å²) in [5, 5.41) is 3.53. The van der Waals surface area contributed by atoms with Gasteiger partial charge in [-0.25, -0.2) is 0 Å². The number of hydrogen-bond donors (Lipinski definition) is 1. The minimum atomic E-state index is -0.390. The Kier molecular flexibility index (Phi) is 8.51. The Balaban J connectivity index is 1.54. The van der Waals surface area contributed by atoms with Crippen molar-refractivity contribution in [3.63, 3.8) is 0 Å². The number of methoxy groups -OCH3 is 2. The molecule has 0 saturated heterocycles. The summed E-state index contributed by atoms with van der Waals surface area (Å²) >= 11 is 6.01. The highest BCUT2D eigenvalue weighted by molar-refractivity contribution is 6.30. The van der Waals surface area contributed by atoms with Crippen LogP contribution in [0.5, 0.6) is 17.2 Å². The Morgan fingerprint density at radius 1 is 1.00 bits per heavy atom. The second kappa shape index (κ2) is 11.8. The van der Waals surface area contributed by atoms with Crippen molar-refractivity contribution in [3.8, 4) is 17.2 Å². The maximum atomic E-state index is 13.6. The molecule has 3 aromatic rings. The van der Waals surface area contributed by atoms with Crippen molar-refractivity contribution < 1.29 is 23.8 Å². The Morgan fingerprint density at radius 3 is 2.38 bits per heavy atom. The van der Waals surface area contributed by atoms with Gasteiger partial charge in [0.05, 0.1) is 19.9 Å². The van der Waals surface area contributed by atoms with Gasteiger partial charge in [0.1, 0.15) is 6.54 Å². The SMILES string of the molecule is COc1ccc(CCNC(=O)CN2C(=O)C(=Cc3ccc(Cl)cc3)Oc3ccc(C(C)(C)C)cc32)cc1OC. The molecule has 0 fully saturated rings. The Bertz CT molecular complexity index is 1390. The van der Waals surface area contributed by atoms with Crippen LogP contribution < -0.4 is 24.4 Å². The highest BCUT2D eigenvalue weighted by Crippen LogP contribution is 2.39. The van der Waals surface area contributed by atoms with Crippen LogP contribution in [-0.2, 0) is 21.4 Å². The van der Waals surface area contributed by atoms with Crippen molar-refractivity contribution in [2.75, 3.05) is 32.2 Å². The fraction of sp³-hybridized carbons (Fsp3) is 0.290. The predicted molar refractivity (Wildman–Crippen MR) is 154 cm³/mol. The molecule has 1 aliphatic heterocycles. The van der Waals surface area contributed by atoms with E-state index in [4.69, 9.17) is 25.8 Å². The third kappa shape index (κ3) is 6.73. The van der Waals surface area contributed by atoms with Crippen molar-refractivity contribution in [1.82, 2.24) is 5.32 Å². The molecule has 7 nitrogen and oxygen atoms in total. The number of carbonyl (C=O) groups excluding carboxylic acids is 2. The van der Waals surface area contributed by atoms with Crippen LogP contribution in [0.3, 0.4) is 0 Å². The molecule has 39 heavy (non-hydrogen) atoms. The normalized spacial score (nSPS) is 14.1. The molecular weight excluding hydrogens is 516 g/mol. The lowest BCUT2D eigenvalue weighted by molar-refractivity contribution is -0.123. The molecule has 1 aliphatic rings. The molecule has 0 saturated carbocycles. The molecule has 8 heteroatoms. The van der Waals surface area contributed by atoms with E-state index in [0.717, 1.165) is 16.7 Å². The number of hydrogen-bond acceptors (Lipinski definition) is 5. The van der Waals surface area contributed by atoms with Gasteiger partial charge in [-0.3, -0.25) is 14.5 Å². The topological polar surface area (TPSA) is 77.1 Å². The van der Waals surface area contributed by atoms with Gasteiger partial charge in [0.25, 0.3) is 5.91 Å². The zero-order valence-corrected chi connectivity index (χ0v) is 23.6. The summed E-state index contributed by atoms with van der Waals surface area (Å²) in [5.41, 5.74) is 3.20. The smallest absolute Gasteiger partial charge is 0.294 e. The number of carbonyl (C=O) groups is 2. The molecule has 3 aromatic carbocycles. The molecule has 0 radical (unpaired) electrons. The first-order valence-corrected chi connectivity index (χ1v) is 13.1. The summed E-state index contributed by atoms with van der Waals surface area (Å²) in [4.78, 5) is 28.1. The summed E-state index contributed by atoms with van der Waals surface area (Å²) in [7, 11) is 3.17. The van der Waals surface area contributed by atoms with Crippen LogP contribution in [-0.4, -0.2) is 39.1 Å². The van der Waals surface area contributed by atoms with E-state index in [0.29, 0.717) is 40.9 Å².